The number of carbonyl (C=O) groups excluding carboxylic acids is 2. The number of esters is 1. The van der Waals surface area contributed by atoms with E-state index in [0.717, 1.165) is 38.5 Å². The first-order chi connectivity index (χ1) is 13.7. The maximum absolute atomic E-state index is 13.7. The quantitative estimate of drug-likeness (QED) is 0.685. The molecule has 0 spiro atoms. The van der Waals surface area contributed by atoms with Gasteiger partial charge >= 0.3 is 5.97 Å². The number of methoxy groups -OCH3 is 1. The summed E-state index contributed by atoms with van der Waals surface area (Å²) in [6, 6.07) is 0. The van der Waals surface area contributed by atoms with Crippen molar-refractivity contribution in [2.24, 2.45) is 46.3 Å². The SMILES string of the molecule is COC(=O)CC[C@H](C)[C@@H]1CC[C@@H]2[C@H]3CC[C@H]4C[C@@H](O)CC[C@]4(C)[C@@H]3CC(=O)[C@@]21C. The zero-order valence-electron chi connectivity index (χ0n) is 18.8. The van der Waals surface area contributed by atoms with E-state index in [9.17, 15) is 14.7 Å². The Hall–Kier alpha value is -0.900. The maximum atomic E-state index is 13.7. The second kappa shape index (κ2) is 7.66. The monoisotopic (exact) mass is 404 g/mol. The van der Waals surface area contributed by atoms with Gasteiger partial charge in [-0.25, -0.2) is 0 Å². The molecule has 0 amide bonds. The molecule has 164 valence electrons. The van der Waals surface area contributed by atoms with E-state index in [1.165, 1.54) is 26.4 Å². The Kier molecular flexibility index (Phi) is 5.63. The van der Waals surface area contributed by atoms with Gasteiger partial charge in [0, 0.05) is 18.3 Å². The number of carbonyl (C=O) groups is 2. The van der Waals surface area contributed by atoms with Crippen molar-refractivity contribution in [3.05, 3.63) is 0 Å². The van der Waals surface area contributed by atoms with Crippen LogP contribution in [-0.2, 0) is 14.3 Å². The lowest BCUT2D eigenvalue weighted by atomic mass is 9.44. The number of ketones is 1. The largest absolute Gasteiger partial charge is 0.469 e. The van der Waals surface area contributed by atoms with Gasteiger partial charge in [-0.15, -0.1) is 0 Å². The fraction of sp³-hybridized carbons (Fsp3) is 0.920. The molecule has 0 aromatic rings. The highest BCUT2D eigenvalue weighted by Crippen LogP contribution is 2.67. The highest BCUT2D eigenvalue weighted by Gasteiger charge is 2.63. The van der Waals surface area contributed by atoms with Crippen molar-refractivity contribution < 1.29 is 19.4 Å². The van der Waals surface area contributed by atoms with Gasteiger partial charge in [-0.1, -0.05) is 20.8 Å². The first-order valence-electron chi connectivity index (χ1n) is 12.0. The summed E-state index contributed by atoms with van der Waals surface area (Å²) >= 11 is 0. The van der Waals surface area contributed by atoms with E-state index >= 15 is 0 Å². The molecule has 0 aliphatic heterocycles. The third-order valence-electron chi connectivity index (χ3n) is 10.3. The van der Waals surface area contributed by atoms with E-state index in [4.69, 9.17) is 4.74 Å². The summed E-state index contributed by atoms with van der Waals surface area (Å²) in [6.07, 6.45) is 9.53. The lowest BCUT2D eigenvalue weighted by Crippen LogP contribution is -2.57. The van der Waals surface area contributed by atoms with E-state index in [0.29, 0.717) is 47.7 Å². The van der Waals surface area contributed by atoms with E-state index in [1.807, 2.05) is 0 Å². The molecule has 0 unspecified atom stereocenters. The molecule has 1 N–H and O–H groups in total. The summed E-state index contributed by atoms with van der Waals surface area (Å²) in [4.78, 5) is 25.3. The van der Waals surface area contributed by atoms with Gasteiger partial charge in [-0.05, 0) is 92.3 Å². The Morgan fingerprint density at radius 1 is 1.17 bits per heavy atom. The number of aliphatic hydroxyl groups is 1. The Labute approximate surface area is 176 Å². The summed E-state index contributed by atoms with van der Waals surface area (Å²) in [6.45, 7) is 6.94. The number of aliphatic hydroxyl groups excluding tert-OH is 1. The van der Waals surface area contributed by atoms with Crippen LogP contribution in [0.3, 0.4) is 0 Å². The van der Waals surface area contributed by atoms with Crippen molar-refractivity contribution in [3.8, 4) is 0 Å². The van der Waals surface area contributed by atoms with Crippen molar-refractivity contribution >= 4 is 11.8 Å². The fourth-order valence-corrected chi connectivity index (χ4v) is 8.53. The zero-order chi connectivity index (χ0) is 21.0. The summed E-state index contributed by atoms with van der Waals surface area (Å²) < 4.78 is 4.83. The molecule has 4 rings (SSSR count). The number of hydrogen-bond acceptors (Lipinski definition) is 4. The Bertz CT molecular complexity index is 659. The summed E-state index contributed by atoms with van der Waals surface area (Å²) in [5, 5.41) is 10.2. The molecular formula is C25H40O4. The van der Waals surface area contributed by atoms with Crippen LogP contribution in [0.2, 0.25) is 0 Å². The van der Waals surface area contributed by atoms with Gasteiger partial charge in [-0.2, -0.15) is 0 Å². The number of rotatable bonds is 4. The van der Waals surface area contributed by atoms with E-state index < -0.39 is 0 Å². The van der Waals surface area contributed by atoms with Crippen LogP contribution >= 0.6 is 0 Å². The zero-order valence-corrected chi connectivity index (χ0v) is 18.8. The lowest BCUT2D eigenvalue weighted by Gasteiger charge is -2.60. The highest BCUT2D eigenvalue weighted by molar-refractivity contribution is 5.87. The number of hydrogen-bond donors (Lipinski definition) is 1. The Morgan fingerprint density at radius 3 is 2.66 bits per heavy atom. The molecule has 4 saturated carbocycles. The summed E-state index contributed by atoms with van der Waals surface area (Å²) in [5.74, 6) is 3.37. The van der Waals surface area contributed by atoms with Crippen molar-refractivity contribution in [2.45, 2.75) is 91.1 Å². The third-order valence-corrected chi connectivity index (χ3v) is 10.3. The van der Waals surface area contributed by atoms with Gasteiger partial charge in [0.2, 0.25) is 0 Å². The smallest absolute Gasteiger partial charge is 0.305 e. The minimum absolute atomic E-state index is 0.138. The molecule has 4 heteroatoms. The first-order valence-corrected chi connectivity index (χ1v) is 12.0. The van der Waals surface area contributed by atoms with Crippen LogP contribution < -0.4 is 0 Å². The van der Waals surface area contributed by atoms with Gasteiger partial charge in [0.1, 0.15) is 5.78 Å². The predicted octanol–water partition coefficient (Wildman–Crippen LogP) is 4.77. The van der Waals surface area contributed by atoms with Crippen LogP contribution in [0.15, 0.2) is 0 Å². The van der Waals surface area contributed by atoms with E-state index in [-0.39, 0.29) is 22.9 Å². The first kappa shape index (κ1) is 21.3. The second-order valence-corrected chi connectivity index (χ2v) is 11.3. The second-order valence-electron chi connectivity index (χ2n) is 11.3. The van der Waals surface area contributed by atoms with Gasteiger partial charge in [-0.3, -0.25) is 9.59 Å². The van der Waals surface area contributed by atoms with Gasteiger partial charge in [0.05, 0.1) is 13.2 Å². The number of Topliss-reactive ketones (excluding diaryl/α,β-unsaturated/α-hetero) is 1. The summed E-state index contributed by atoms with van der Waals surface area (Å²) in [7, 11) is 1.45. The van der Waals surface area contributed by atoms with Crippen LogP contribution in [-0.4, -0.2) is 30.1 Å². The predicted molar refractivity (Wildman–Crippen MR) is 112 cm³/mol. The van der Waals surface area contributed by atoms with Crippen LogP contribution in [0.1, 0.15) is 85.0 Å². The van der Waals surface area contributed by atoms with Crippen LogP contribution in [0, 0.1) is 46.3 Å². The molecule has 0 heterocycles. The standard InChI is InChI=1S/C25H40O4/c1-15(5-10-23(28)29-4)19-8-9-20-18-7-6-16-13-17(26)11-12-24(16,2)21(18)14-22(27)25(19,20)3/h15-21,26H,5-14H2,1-4H3/t15-,16-,17-,18+,19-,20+,21+,24-,25+/m0/s1. The van der Waals surface area contributed by atoms with Crippen molar-refractivity contribution in [3.63, 3.8) is 0 Å². The molecule has 4 fully saturated rings. The van der Waals surface area contributed by atoms with Crippen molar-refractivity contribution in [1.82, 2.24) is 0 Å². The normalized spacial score (nSPS) is 47.7. The minimum atomic E-state index is -0.214. The average molecular weight is 405 g/mol. The molecule has 0 aromatic carbocycles. The van der Waals surface area contributed by atoms with E-state index in [1.54, 1.807) is 0 Å². The average Bonchev–Trinajstić information content (AvgIpc) is 3.06. The van der Waals surface area contributed by atoms with E-state index in [2.05, 4.69) is 20.8 Å². The number of ether oxygens (including phenoxy) is 1. The van der Waals surface area contributed by atoms with Crippen molar-refractivity contribution in [1.29, 1.82) is 0 Å². The molecule has 9 atom stereocenters. The Balaban J connectivity index is 1.54. The fourth-order valence-electron chi connectivity index (χ4n) is 8.53. The number of fused-ring (bicyclic) bond motifs is 5. The molecule has 4 aliphatic rings. The van der Waals surface area contributed by atoms with Gasteiger partial charge in [0.15, 0.2) is 0 Å². The highest BCUT2D eigenvalue weighted by atomic mass is 16.5. The Morgan fingerprint density at radius 2 is 1.93 bits per heavy atom. The minimum Gasteiger partial charge on any atom is -0.469 e. The molecular weight excluding hydrogens is 364 g/mol. The van der Waals surface area contributed by atoms with Gasteiger partial charge in [0.25, 0.3) is 0 Å². The molecule has 4 nitrogen and oxygen atoms in total. The summed E-state index contributed by atoms with van der Waals surface area (Å²) in [5.41, 5.74) is 0.0157. The molecule has 0 aromatic heterocycles. The lowest BCUT2D eigenvalue weighted by molar-refractivity contribution is -0.160. The van der Waals surface area contributed by atoms with Crippen LogP contribution in [0.4, 0.5) is 0 Å². The van der Waals surface area contributed by atoms with Crippen molar-refractivity contribution in [2.75, 3.05) is 7.11 Å². The van der Waals surface area contributed by atoms with Gasteiger partial charge < -0.3 is 9.84 Å². The molecule has 0 saturated heterocycles. The molecule has 4 aliphatic carbocycles. The topological polar surface area (TPSA) is 63.6 Å². The molecule has 0 bridgehead atoms. The maximum Gasteiger partial charge on any atom is 0.305 e. The van der Waals surface area contributed by atoms with Crippen LogP contribution in [0.5, 0.6) is 0 Å². The third kappa shape index (κ3) is 3.28. The van der Waals surface area contributed by atoms with Crippen LogP contribution in [0.25, 0.3) is 0 Å². The molecule has 0 radical (unpaired) electrons. The molecule has 29 heavy (non-hydrogen) atoms.